The van der Waals surface area contributed by atoms with Crippen molar-refractivity contribution in [1.29, 1.82) is 0 Å². The van der Waals surface area contributed by atoms with Crippen LogP contribution in [-0.4, -0.2) is 31.6 Å². The zero-order chi connectivity index (χ0) is 18.9. The number of sulfonamides is 1. The molecule has 0 aliphatic carbocycles. The van der Waals surface area contributed by atoms with Crippen LogP contribution in [0.2, 0.25) is 0 Å². The zero-order valence-electron chi connectivity index (χ0n) is 15.0. The van der Waals surface area contributed by atoms with E-state index in [0.717, 1.165) is 17.7 Å². The Morgan fingerprint density at radius 3 is 2.81 bits per heavy atom. The highest BCUT2D eigenvalue weighted by Crippen LogP contribution is 2.34. The third kappa shape index (κ3) is 3.55. The van der Waals surface area contributed by atoms with Crippen molar-refractivity contribution in [3.05, 3.63) is 78.4 Å². The molecule has 1 aliphatic heterocycles. The largest absolute Gasteiger partial charge is 0.497 e. The second-order valence-corrected chi connectivity index (χ2v) is 8.53. The second kappa shape index (κ2) is 7.08. The normalized spacial score (nSPS) is 16.8. The topological polar surface area (TPSA) is 64.4 Å². The van der Waals surface area contributed by atoms with Gasteiger partial charge >= 0.3 is 0 Å². The Morgan fingerprint density at radius 1 is 1.19 bits per heavy atom. The van der Waals surface area contributed by atoms with E-state index in [1.165, 1.54) is 4.31 Å². The van der Waals surface area contributed by atoms with Crippen LogP contribution in [0, 0.1) is 0 Å². The van der Waals surface area contributed by atoms with Crippen LogP contribution in [0.15, 0.2) is 67.3 Å². The number of hydrogen-bond donors (Lipinski definition) is 0. The van der Waals surface area contributed by atoms with Gasteiger partial charge in [-0.3, -0.25) is 4.31 Å². The molecule has 0 spiro atoms. The van der Waals surface area contributed by atoms with Crippen LogP contribution >= 0.6 is 0 Å². The molecule has 0 saturated heterocycles. The summed E-state index contributed by atoms with van der Waals surface area (Å²) >= 11 is 0. The van der Waals surface area contributed by atoms with Gasteiger partial charge in [0.2, 0.25) is 10.0 Å². The monoisotopic (exact) mass is 383 g/mol. The number of hydrogen-bond acceptors (Lipinski definition) is 4. The van der Waals surface area contributed by atoms with Crippen molar-refractivity contribution in [2.24, 2.45) is 0 Å². The lowest BCUT2D eigenvalue weighted by Crippen LogP contribution is -2.41. The average Bonchev–Trinajstić information content (AvgIpc) is 3.21. The highest BCUT2D eigenvalue weighted by molar-refractivity contribution is 7.92. The predicted molar refractivity (Wildman–Crippen MR) is 104 cm³/mol. The van der Waals surface area contributed by atoms with Gasteiger partial charge in [-0.05, 0) is 35.7 Å². The lowest BCUT2D eigenvalue weighted by atomic mass is 10.00. The molecule has 6 nitrogen and oxygen atoms in total. The van der Waals surface area contributed by atoms with Crippen LogP contribution in [0.25, 0.3) is 0 Å². The number of para-hydroxylation sites is 1. The van der Waals surface area contributed by atoms with E-state index in [2.05, 4.69) is 4.98 Å². The van der Waals surface area contributed by atoms with Crippen LogP contribution in [-0.2, 0) is 22.2 Å². The fourth-order valence-corrected chi connectivity index (χ4v) is 5.17. The summed E-state index contributed by atoms with van der Waals surface area (Å²) in [6, 6.07) is 14.9. The molecule has 1 aromatic heterocycles. The molecule has 0 fully saturated rings. The number of benzene rings is 2. The van der Waals surface area contributed by atoms with Gasteiger partial charge in [0.25, 0.3) is 0 Å². The highest BCUT2D eigenvalue weighted by atomic mass is 32.2. The van der Waals surface area contributed by atoms with Crippen LogP contribution in [0.5, 0.6) is 5.75 Å². The van der Waals surface area contributed by atoms with E-state index >= 15 is 0 Å². The third-order valence-electron chi connectivity index (χ3n) is 4.86. The van der Waals surface area contributed by atoms with Gasteiger partial charge in [0.05, 0.1) is 37.5 Å². The molecule has 0 saturated carbocycles. The molecule has 3 aromatic rings. The average molecular weight is 383 g/mol. The molecule has 4 rings (SSSR count). The van der Waals surface area contributed by atoms with Crippen molar-refractivity contribution >= 4 is 15.7 Å². The Hall–Kier alpha value is -2.80. The number of nitrogens with zero attached hydrogens (tertiary/aromatic N) is 3. The van der Waals surface area contributed by atoms with Crippen LogP contribution in [0.3, 0.4) is 0 Å². The standard InChI is InChI=1S/C20H21N3O3S/c1-26-19-7-4-5-16(11-19)14-27(24,25)23-13-18(22-10-9-21-15-22)12-17-6-2-3-8-20(17)23/h2-11,15,18H,12-14H2,1H3. The molecule has 2 heterocycles. The molecular weight excluding hydrogens is 362 g/mol. The van der Waals surface area contributed by atoms with E-state index in [0.29, 0.717) is 17.9 Å². The Kier molecular flexibility index (Phi) is 4.61. The fourth-order valence-electron chi connectivity index (χ4n) is 3.53. The zero-order valence-corrected chi connectivity index (χ0v) is 15.8. The van der Waals surface area contributed by atoms with Crippen molar-refractivity contribution in [2.75, 3.05) is 18.0 Å². The molecule has 1 aliphatic rings. The Balaban J connectivity index is 1.69. The Labute approximate surface area is 159 Å². The molecule has 140 valence electrons. The number of aromatic nitrogens is 2. The van der Waals surface area contributed by atoms with Gasteiger partial charge in [0, 0.05) is 12.4 Å². The van der Waals surface area contributed by atoms with Gasteiger partial charge < -0.3 is 9.30 Å². The Bertz CT molecular complexity index is 1030. The maximum absolute atomic E-state index is 13.3. The van der Waals surface area contributed by atoms with E-state index in [4.69, 9.17) is 4.74 Å². The molecule has 1 atom stereocenters. The van der Waals surface area contributed by atoms with Gasteiger partial charge in [0.15, 0.2) is 0 Å². The number of methoxy groups -OCH3 is 1. The maximum atomic E-state index is 13.3. The summed E-state index contributed by atoms with van der Waals surface area (Å²) < 4.78 is 35.3. The van der Waals surface area contributed by atoms with E-state index in [9.17, 15) is 8.42 Å². The summed E-state index contributed by atoms with van der Waals surface area (Å²) in [7, 11) is -1.98. The summed E-state index contributed by atoms with van der Waals surface area (Å²) in [6.45, 7) is 0.389. The van der Waals surface area contributed by atoms with Crippen molar-refractivity contribution in [3.63, 3.8) is 0 Å². The molecular formula is C20H21N3O3S. The van der Waals surface area contributed by atoms with E-state index in [1.807, 2.05) is 47.2 Å². The first-order chi connectivity index (χ1) is 13.1. The Morgan fingerprint density at radius 2 is 2.04 bits per heavy atom. The lowest BCUT2D eigenvalue weighted by molar-refractivity contribution is 0.414. The molecule has 7 heteroatoms. The molecule has 0 bridgehead atoms. The molecule has 1 unspecified atom stereocenters. The van der Waals surface area contributed by atoms with Crippen LogP contribution in [0.4, 0.5) is 5.69 Å². The molecule has 0 radical (unpaired) electrons. The fraction of sp³-hybridized carbons (Fsp3) is 0.250. The summed E-state index contributed by atoms with van der Waals surface area (Å²) in [5.41, 5.74) is 2.49. The number of imidazole rings is 1. The molecule has 0 N–H and O–H groups in total. The van der Waals surface area contributed by atoms with Crippen molar-refractivity contribution in [2.45, 2.75) is 18.2 Å². The quantitative estimate of drug-likeness (QED) is 0.679. The second-order valence-electron chi connectivity index (χ2n) is 6.64. The summed E-state index contributed by atoms with van der Waals surface area (Å²) in [5.74, 6) is 0.577. The van der Waals surface area contributed by atoms with Gasteiger partial charge in [0.1, 0.15) is 5.75 Å². The third-order valence-corrected chi connectivity index (χ3v) is 6.57. The van der Waals surface area contributed by atoms with Crippen LogP contribution in [0.1, 0.15) is 17.2 Å². The predicted octanol–water partition coefficient (Wildman–Crippen LogP) is 3.03. The first-order valence-corrected chi connectivity index (χ1v) is 10.4. The van der Waals surface area contributed by atoms with Gasteiger partial charge in [-0.2, -0.15) is 0 Å². The molecule has 0 amide bonds. The summed E-state index contributed by atoms with van der Waals surface area (Å²) in [6.07, 6.45) is 6.12. The first kappa shape index (κ1) is 17.6. The summed E-state index contributed by atoms with van der Waals surface area (Å²) in [5, 5.41) is 0. The van der Waals surface area contributed by atoms with Crippen molar-refractivity contribution < 1.29 is 13.2 Å². The molecule has 27 heavy (non-hydrogen) atoms. The SMILES string of the molecule is COc1cccc(CS(=O)(=O)N2CC(n3ccnc3)Cc3ccccc32)c1. The smallest absolute Gasteiger partial charge is 0.239 e. The highest BCUT2D eigenvalue weighted by Gasteiger charge is 2.32. The maximum Gasteiger partial charge on any atom is 0.239 e. The van der Waals surface area contributed by atoms with Crippen molar-refractivity contribution in [3.8, 4) is 5.75 Å². The summed E-state index contributed by atoms with van der Waals surface area (Å²) in [4.78, 5) is 4.11. The number of fused-ring (bicyclic) bond motifs is 1. The minimum absolute atomic E-state index is 0.0162. The van der Waals surface area contributed by atoms with E-state index in [-0.39, 0.29) is 11.8 Å². The number of rotatable bonds is 5. The van der Waals surface area contributed by atoms with E-state index in [1.54, 1.807) is 31.8 Å². The van der Waals surface area contributed by atoms with Gasteiger partial charge in [-0.15, -0.1) is 0 Å². The number of ether oxygens (including phenoxy) is 1. The lowest BCUT2D eigenvalue weighted by Gasteiger charge is -2.35. The van der Waals surface area contributed by atoms with Crippen molar-refractivity contribution in [1.82, 2.24) is 9.55 Å². The molecule has 2 aromatic carbocycles. The van der Waals surface area contributed by atoms with Gasteiger partial charge in [-0.1, -0.05) is 30.3 Å². The van der Waals surface area contributed by atoms with Crippen LogP contribution < -0.4 is 9.04 Å². The number of anilines is 1. The van der Waals surface area contributed by atoms with E-state index < -0.39 is 10.0 Å². The van der Waals surface area contributed by atoms with Gasteiger partial charge in [-0.25, -0.2) is 13.4 Å². The first-order valence-electron chi connectivity index (χ1n) is 8.75. The minimum Gasteiger partial charge on any atom is -0.497 e. The minimum atomic E-state index is -3.55.